The summed E-state index contributed by atoms with van der Waals surface area (Å²) in [6.45, 7) is 2.46. The Balaban J connectivity index is 3.53. The average Bonchev–Trinajstić information content (AvgIpc) is 2.00. The van der Waals surface area contributed by atoms with Gasteiger partial charge in [-0.2, -0.15) is 8.42 Å². The summed E-state index contributed by atoms with van der Waals surface area (Å²) >= 11 is 0. The molecular formula is C6H14N2O4S. The molecule has 0 atom stereocenters. The molecule has 0 bridgehead atoms. The maximum Gasteiger partial charge on any atom is 0.315 e. The molecule has 6 nitrogen and oxygen atoms in total. The molecule has 0 aliphatic rings. The van der Waals surface area contributed by atoms with Crippen molar-refractivity contribution in [2.75, 3.05) is 12.4 Å². The highest BCUT2D eigenvalue weighted by molar-refractivity contribution is 7.85. The molecule has 7 heteroatoms. The molecular weight excluding hydrogens is 196 g/mol. The number of urea groups is 1. The van der Waals surface area contributed by atoms with Crippen molar-refractivity contribution in [2.24, 2.45) is 0 Å². The van der Waals surface area contributed by atoms with E-state index >= 15 is 0 Å². The lowest BCUT2D eigenvalue weighted by molar-refractivity contribution is 0.242. The van der Waals surface area contributed by atoms with E-state index in [0.717, 1.165) is 12.8 Å². The first-order chi connectivity index (χ1) is 5.95. The molecule has 0 saturated carbocycles. The van der Waals surface area contributed by atoms with E-state index in [1.807, 2.05) is 12.2 Å². The summed E-state index contributed by atoms with van der Waals surface area (Å²) in [5.41, 5.74) is 0. The van der Waals surface area contributed by atoms with Crippen molar-refractivity contribution in [3.63, 3.8) is 0 Å². The predicted octanol–water partition coefficient (Wildman–Crippen LogP) is -0.0690. The number of carbonyl (C=O) groups excluding carboxylic acids is 1. The lowest BCUT2D eigenvalue weighted by Gasteiger charge is -2.04. The van der Waals surface area contributed by atoms with Crippen molar-refractivity contribution in [1.29, 1.82) is 0 Å². The third kappa shape index (κ3) is 9.09. The average molecular weight is 210 g/mol. The van der Waals surface area contributed by atoms with E-state index in [9.17, 15) is 13.2 Å². The Bertz CT molecular complexity index is 249. The van der Waals surface area contributed by atoms with Crippen molar-refractivity contribution in [3.8, 4) is 0 Å². The highest BCUT2D eigenvalue weighted by Gasteiger charge is 2.06. The fraction of sp³-hybridized carbons (Fsp3) is 0.833. The minimum absolute atomic E-state index is 0.494. The molecule has 0 unspecified atom stereocenters. The first-order valence-corrected chi connectivity index (χ1v) is 5.53. The first-order valence-electron chi connectivity index (χ1n) is 3.92. The summed E-state index contributed by atoms with van der Waals surface area (Å²) in [6.07, 6.45) is 1.78. The number of hydrogen-bond donors (Lipinski definition) is 3. The van der Waals surface area contributed by atoms with E-state index in [-0.39, 0.29) is 0 Å². The smallest absolute Gasteiger partial charge is 0.315 e. The van der Waals surface area contributed by atoms with Crippen LogP contribution in [0.1, 0.15) is 19.8 Å². The van der Waals surface area contributed by atoms with Gasteiger partial charge in [-0.15, -0.1) is 0 Å². The molecule has 78 valence electrons. The van der Waals surface area contributed by atoms with Gasteiger partial charge >= 0.3 is 6.03 Å². The van der Waals surface area contributed by atoms with Crippen molar-refractivity contribution >= 4 is 16.1 Å². The van der Waals surface area contributed by atoms with Crippen LogP contribution in [0.15, 0.2) is 0 Å². The van der Waals surface area contributed by atoms with E-state index in [4.69, 9.17) is 4.55 Å². The van der Waals surface area contributed by atoms with Crippen LogP contribution in [0.5, 0.6) is 0 Å². The molecule has 0 aromatic rings. The zero-order chi connectivity index (χ0) is 10.3. The summed E-state index contributed by atoms with van der Waals surface area (Å²) < 4.78 is 28.6. The van der Waals surface area contributed by atoms with Crippen molar-refractivity contribution in [2.45, 2.75) is 19.8 Å². The summed E-state index contributed by atoms with van der Waals surface area (Å²) in [5.74, 6) is -0.759. The van der Waals surface area contributed by atoms with E-state index in [1.165, 1.54) is 0 Å². The summed E-state index contributed by atoms with van der Waals surface area (Å²) in [4.78, 5) is 10.8. The van der Waals surface area contributed by atoms with Gasteiger partial charge in [-0.05, 0) is 6.42 Å². The maximum atomic E-state index is 10.8. The quantitative estimate of drug-likeness (QED) is 0.437. The minimum Gasteiger partial charge on any atom is -0.338 e. The molecule has 0 fully saturated rings. The Morgan fingerprint density at radius 3 is 2.46 bits per heavy atom. The number of hydrogen-bond acceptors (Lipinski definition) is 3. The summed E-state index contributed by atoms with van der Waals surface area (Å²) in [7, 11) is -4.12. The van der Waals surface area contributed by atoms with E-state index in [1.54, 1.807) is 0 Å². The van der Waals surface area contributed by atoms with Crippen LogP contribution in [0, 0.1) is 0 Å². The van der Waals surface area contributed by atoms with E-state index in [2.05, 4.69) is 5.32 Å². The van der Waals surface area contributed by atoms with Crippen molar-refractivity contribution in [3.05, 3.63) is 0 Å². The van der Waals surface area contributed by atoms with E-state index in [0.29, 0.717) is 6.54 Å². The minimum atomic E-state index is -4.12. The number of nitrogens with one attached hydrogen (secondary N) is 2. The third-order valence-corrected chi connectivity index (χ3v) is 1.74. The van der Waals surface area contributed by atoms with Gasteiger partial charge in [-0.1, -0.05) is 13.3 Å². The Morgan fingerprint density at radius 2 is 2.00 bits per heavy atom. The number of unbranched alkanes of at least 4 members (excludes halogenated alkanes) is 1. The molecule has 0 aliphatic carbocycles. The molecule has 0 rings (SSSR count). The van der Waals surface area contributed by atoms with Crippen LogP contribution < -0.4 is 10.6 Å². The SMILES string of the molecule is CCCCNC(=O)NCS(=O)(=O)O. The monoisotopic (exact) mass is 210 g/mol. The topological polar surface area (TPSA) is 95.5 Å². The van der Waals surface area contributed by atoms with Crippen LogP contribution in [0.3, 0.4) is 0 Å². The van der Waals surface area contributed by atoms with Crippen LogP contribution in [0.2, 0.25) is 0 Å². The molecule has 0 spiro atoms. The Labute approximate surface area is 77.5 Å². The van der Waals surface area contributed by atoms with Gasteiger partial charge in [-0.25, -0.2) is 4.79 Å². The number of rotatable bonds is 5. The first kappa shape index (κ1) is 12.2. The molecule has 0 aromatic carbocycles. The van der Waals surface area contributed by atoms with Gasteiger partial charge < -0.3 is 10.6 Å². The van der Waals surface area contributed by atoms with Crippen molar-refractivity contribution < 1.29 is 17.8 Å². The standard InChI is InChI=1S/C6H14N2O4S/c1-2-3-4-7-6(9)8-5-13(10,11)12/h2-5H2,1H3,(H2,7,8,9)(H,10,11,12). The van der Waals surface area contributed by atoms with Gasteiger partial charge in [0.15, 0.2) is 0 Å². The van der Waals surface area contributed by atoms with Crippen LogP contribution in [-0.2, 0) is 10.1 Å². The maximum absolute atomic E-state index is 10.8. The zero-order valence-corrected chi connectivity index (χ0v) is 8.23. The normalized spacial score (nSPS) is 10.9. The molecule has 0 radical (unpaired) electrons. The molecule has 0 heterocycles. The Morgan fingerprint density at radius 1 is 1.38 bits per heavy atom. The van der Waals surface area contributed by atoms with Gasteiger partial charge in [0.25, 0.3) is 10.1 Å². The zero-order valence-electron chi connectivity index (χ0n) is 7.41. The van der Waals surface area contributed by atoms with Crippen LogP contribution >= 0.6 is 0 Å². The molecule has 2 amide bonds. The molecule has 13 heavy (non-hydrogen) atoms. The molecule has 3 N–H and O–H groups in total. The van der Waals surface area contributed by atoms with Crippen LogP contribution in [0.4, 0.5) is 4.79 Å². The van der Waals surface area contributed by atoms with Crippen LogP contribution in [-0.4, -0.2) is 31.4 Å². The van der Waals surface area contributed by atoms with Gasteiger partial charge in [0.05, 0.1) is 0 Å². The molecule has 0 saturated heterocycles. The largest absolute Gasteiger partial charge is 0.338 e. The van der Waals surface area contributed by atoms with E-state index < -0.39 is 22.0 Å². The summed E-state index contributed by atoms with van der Waals surface area (Å²) in [6, 6.07) is -0.592. The number of carbonyl (C=O) groups is 1. The Hall–Kier alpha value is -0.820. The fourth-order valence-electron chi connectivity index (χ4n) is 0.598. The summed E-state index contributed by atoms with van der Waals surface area (Å²) in [5, 5.41) is 4.42. The van der Waals surface area contributed by atoms with Gasteiger partial charge in [0.1, 0.15) is 5.88 Å². The highest BCUT2D eigenvalue weighted by Crippen LogP contribution is 1.82. The second-order valence-electron chi connectivity index (χ2n) is 2.51. The predicted molar refractivity (Wildman–Crippen MR) is 47.9 cm³/mol. The van der Waals surface area contributed by atoms with Gasteiger partial charge in [0.2, 0.25) is 0 Å². The molecule has 0 aromatic heterocycles. The highest BCUT2D eigenvalue weighted by atomic mass is 32.2. The van der Waals surface area contributed by atoms with Gasteiger partial charge in [0, 0.05) is 6.54 Å². The van der Waals surface area contributed by atoms with Crippen LogP contribution in [0.25, 0.3) is 0 Å². The Kier molecular flexibility index (Phi) is 5.40. The lowest BCUT2D eigenvalue weighted by atomic mass is 10.3. The molecule has 0 aliphatic heterocycles. The number of amides is 2. The lowest BCUT2D eigenvalue weighted by Crippen LogP contribution is -2.38. The van der Waals surface area contributed by atoms with Crippen molar-refractivity contribution in [1.82, 2.24) is 10.6 Å². The third-order valence-electron chi connectivity index (χ3n) is 1.23. The van der Waals surface area contributed by atoms with Gasteiger partial charge in [-0.3, -0.25) is 4.55 Å². The second-order valence-corrected chi connectivity index (χ2v) is 3.96. The fourth-order valence-corrected chi connectivity index (χ4v) is 0.911. The second kappa shape index (κ2) is 5.76.